The predicted octanol–water partition coefficient (Wildman–Crippen LogP) is 3.04. The Morgan fingerprint density at radius 1 is 1.42 bits per heavy atom. The first kappa shape index (κ1) is 16.4. The monoisotopic (exact) mass is 323 g/mol. The number of hydrogen-bond donors (Lipinski definition) is 2. The summed E-state index contributed by atoms with van der Waals surface area (Å²) >= 11 is 0. The van der Waals surface area contributed by atoms with Crippen molar-refractivity contribution in [3.05, 3.63) is 59.5 Å². The van der Waals surface area contributed by atoms with Crippen molar-refractivity contribution in [2.75, 3.05) is 0 Å². The highest BCUT2D eigenvalue weighted by Gasteiger charge is 2.33. The maximum Gasteiger partial charge on any atom is 0.254 e. The molecule has 0 bridgehead atoms. The highest BCUT2D eigenvalue weighted by Crippen LogP contribution is 2.28. The predicted molar refractivity (Wildman–Crippen MR) is 91.4 cm³/mol. The average Bonchev–Trinajstić information content (AvgIpc) is 3.08. The van der Waals surface area contributed by atoms with Gasteiger partial charge in [0.25, 0.3) is 5.91 Å². The summed E-state index contributed by atoms with van der Waals surface area (Å²) in [6.45, 7) is 2.02. The zero-order chi connectivity index (χ0) is 17.0. The van der Waals surface area contributed by atoms with E-state index in [1.165, 1.54) is 12.5 Å². The second-order valence-electron chi connectivity index (χ2n) is 6.43. The van der Waals surface area contributed by atoms with Crippen molar-refractivity contribution in [3.8, 4) is 11.8 Å². The third kappa shape index (κ3) is 4.06. The fourth-order valence-electron chi connectivity index (χ4n) is 3.06. The molecule has 3 rings (SSSR count). The first-order valence-electron chi connectivity index (χ1n) is 8.19. The summed E-state index contributed by atoms with van der Waals surface area (Å²) in [6, 6.07) is 9.45. The van der Waals surface area contributed by atoms with E-state index in [0.29, 0.717) is 18.4 Å². The van der Waals surface area contributed by atoms with Gasteiger partial charge in [-0.1, -0.05) is 24.0 Å². The summed E-state index contributed by atoms with van der Waals surface area (Å²) in [5, 5.41) is 13.7. The van der Waals surface area contributed by atoms with Crippen molar-refractivity contribution in [1.82, 2.24) is 5.32 Å². The fourth-order valence-corrected chi connectivity index (χ4v) is 3.06. The molecule has 1 heterocycles. The van der Waals surface area contributed by atoms with E-state index >= 15 is 0 Å². The number of hydrogen-bond acceptors (Lipinski definition) is 3. The van der Waals surface area contributed by atoms with Crippen LogP contribution in [0.4, 0.5) is 0 Å². The zero-order valence-corrected chi connectivity index (χ0v) is 13.7. The van der Waals surface area contributed by atoms with Crippen LogP contribution in [0.15, 0.2) is 47.3 Å². The molecule has 1 fully saturated rings. The van der Waals surface area contributed by atoms with E-state index in [1.54, 1.807) is 6.07 Å². The second-order valence-corrected chi connectivity index (χ2v) is 6.43. The molecule has 124 valence electrons. The van der Waals surface area contributed by atoms with Crippen LogP contribution in [0.25, 0.3) is 0 Å². The Balaban J connectivity index is 1.67. The van der Waals surface area contributed by atoms with Crippen molar-refractivity contribution >= 4 is 5.91 Å². The maximum atomic E-state index is 12.1. The van der Waals surface area contributed by atoms with Crippen molar-refractivity contribution in [2.45, 2.75) is 44.2 Å². The Bertz CT molecular complexity index is 770. The summed E-state index contributed by atoms with van der Waals surface area (Å²) in [5.74, 6) is 5.91. The van der Waals surface area contributed by atoms with Crippen molar-refractivity contribution in [1.29, 1.82) is 0 Å². The highest BCUT2D eigenvalue weighted by atomic mass is 16.3. The molecular weight excluding hydrogens is 302 g/mol. The lowest BCUT2D eigenvalue weighted by Crippen LogP contribution is -2.45. The highest BCUT2D eigenvalue weighted by molar-refractivity contribution is 5.93. The molecule has 0 saturated heterocycles. The lowest BCUT2D eigenvalue weighted by molar-refractivity contribution is 0.0452. The minimum absolute atomic E-state index is 0.0852. The van der Waals surface area contributed by atoms with Crippen molar-refractivity contribution < 1.29 is 14.3 Å². The van der Waals surface area contributed by atoms with Gasteiger partial charge in [0.2, 0.25) is 0 Å². The molecule has 1 saturated carbocycles. The Morgan fingerprint density at radius 2 is 2.29 bits per heavy atom. The van der Waals surface area contributed by atoms with E-state index in [4.69, 9.17) is 4.42 Å². The van der Waals surface area contributed by atoms with Crippen LogP contribution in [0.2, 0.25) is 0 Å². The van der Waals surface area contributed by atoms with Crippen LogP contribution in [0.3, 0.4) is 0 Å². The molecule has 1 aromatic carbocycles. The number of aliphatic hydroxyl groups is 1. The van der Waals surface area contributed by atoms with Crippen LogP contribution in [0.5, 0.6) is 0 Å². The summed E-state index contributed by atoms with van der Waals surface area (Å²) in [5.41, 5.74) is 1.47. The number of furan rings is 1. The van der Waals surface area contributed by atoms with Gasteiger partial charge in [-0.2, -0.15) is 0 Å². The Morgan fingerprint density at radius 3 is 3.04 bits per heavy atom. The number of amides is 1. The van der Waals surface area contributed by atoms with Gasteiger partial charge >= 0.3 is 0 Å². The van der Waals surface area contributed by atoms with Crippen molar-refractivity contribution in [3.63, 3.8) is 0 Å². The summed E-state index contributed by atoms with van der Waals surface area (Å²) < 4.78 is 4.93. The largest absolute Gasteiger partial charge is 0.472 e. The van der Waals surface area contributed by atoms with E-state index in [9.17, 15) is 9.90 Å². The quantitative estimate of drug-likeness (QED) is 0.835. The Hall–Kier alpha value is -2.51. The molecule has 1 aromatic heterocycles. The summed E-state index contributed by atoms with van der Waals surface area (Å²) in [7, 11) is 0. The van der Waals surface area contributed by atoms with Crippen LogP contribution < -0.4 is 5.32 Å². The molecule has 2 aromatic rings. The molecular formula is C20H21NO3. The van der Waals surface area contributed by atoms with Crippen LogP contribution in [0.1, 0.15) is 47.2 Å². The minimum atomic E-state index is -1.06. The molecule has 0 radical (unpaired) electrons. The summed E-state index contributed by atoms with van der Waals surface area (Å²) in [4.78, 5) is 12.1. The first-order chi connectivity index (χ1) is 11.5. The van der Waals surface area contributed by atoms with Crippen LogP contribution >= 0.6 is 0 Å². The lowest BCUT2D eigenvalue weighted by atomic mass is 9.82. The van der Waals surface area contributed by atoms with E-state index in [1.807, 2.05) is 31.2 Å². The lowest BCUT2D eigenvalue weighted by Gasteiger charge is -2.33. The number of rotatable bonds is 2. The number of aryl methyl sites for hydroxylation is 1. The molecule has 1 amide bonds. The van der Waals surface area contributed by atoms with Crippen LogP contribution in [-0.4, -0.2) is 22.7 Å². The summed E-state index contributed by atoms with van der Waals surface area (Å²) in [6.07, 6.45) is 5.63. The van der Waals surface area contributed by atoms with Gasteiger partial charge in [-0.15, -0.1) is 0 Å². The molecule has 2 atom stereocenters. The molecule has 4 heteroatoms. The van der Waals surface area contributed by atoms with E-state index in [-0.39, 0.29) is 11.9 Å². The molecule has 0 aliphatic heterocycles. The maximum absolute atomic E-state index is 12.1. The Labute approximate surface area is 141 Å². The molecule has 1 aliphatic rings. The third-order valence-electron chi connectivity index (χ3n) is 4.30. The fraction of sp³-hybridized carbons (Fsp3) is 0.350. The topological polar surface area (TPSA) is 62.5 Å². The first-order valence-corrected chi connectivity index (χ1v) is 8.19. The van der Waals surface area contributed by atoms with Gasteiger partial charge in [0.05, 0.1) is 11.8 Å². The number of nitrogens with one attached hydrogen (secondary N) is 1. The van der Waals surface area contributed by atoms with Crippen LogP contribution in [0, 0.1) is 18.8 Å². The smallest absolute Gasteiger partial charge is 0.254 e. The van der Waals surface area contributed by atoms with Gasteiger partial charge in [0.15, 0.2) is 0 Å². The Kier molecular flexibility index (Phi) is 4.73. The molecule has 1 aliphatic carbocycles. The van der Waals surface area contributed by atoms with Gasteiger partial charge in [-0.05, 0) is 49.9 Å². The standard InChI is InChI=1S/C20H21NO3/c1-15-4-2-5-16(12-15)7-10-20(23)9-3-6-18(13-20)21-19(22)17-8-11-24-14-17/h2,4-5,8,11-12,14,18,23H,3,6,9,13H2,1H3,(H,21,22). The van der Waals surface area contributed by atoms with Gasteiger partial charge in [0.1, 0.15) is 11.9 Å². The molecule has 2 unspecified atom stereocenters. The second kappa shape index (κ2) is 6.94. The third-order valence-corrected chi connectivity index (χ3v) is 4.30. The molecule has 4 nitrogen and oxygen atoms in total. The van der Waals surface area contributed by atoms with Gasteiger partial charge in [-0.25, -0.2) is 0 Å². The average molecular weight is 323 g/mol. The van der Waals surface area contributed by atoms with E-state index < -0.39 is 5.60 Å². The number of carbonyl (C=O) groups is 1. The zero-order valence-electron chi connectivity index (χ0n) is 13.7. The van der Waals surface area contributed by atoms with E-state index in [0.717, 1.165) is 24.0 Å². The number of carbonyl (C=O) groups excluding carboxylic acids is 1. The normalized spacial score (nSPS) is 23.2. The minimum Gasteiger partial charge on any atom is -0.472 e. The SMILES string of the molecule is Cc1cccc(C#CC2(O)CCCC(NC(=O)c3ccoc3)C2)c1. The van der Waals surface area contributed by atoms with Crippen molar-refractivity contribution in [2.24, 2.45) is 0 Å². The molecule has 0 spiro atoms. The molecule has 24 heavy (non-hydrogen) atoms. The van der Waals surface area contributed by atoms with Gasteiger partial charge in [-0.3, -0.25) is 4.79 Å². The van der Waals surface area contributed by atoms with Gasteiger partial charge in [0, 0.05) is 18.0 Å². The number of benzene rings is 1. The van der Waals surface area contributed by atoms with Crippen LogP contribution in [-0.2, 0) is 0 Å². The van der Waals surface area contributed by atoms with Gasteiger partial charge < -0.3 is 14.8 Å². The van der Waals surface area contributed by atoms with E-state index in [2.05, 4.69) is 17.2 Å². The molecule has 2 N–H and O–H groups in total.